The Bertz CT molecular complexity index is 503. The SMILES string of the molecule is N=C1SCCC2(CCCCC2)N1C(=O)c1ccccc1. The molecule has 1 aromatic carbocycles. The number of thioether (sulfide) groups is 1. The number of nitrogens with zero attached hydrogens (tertiary/aromatic N) is 1. The second kappa shape index (κ2) is 5.60. The van der Waals surface area contributed by atoms with Gasteiger partial charge in [0.15, 0.2) is 5.17 Å². The maximum Gasteiger partial charge on any atom is 0.260 e. The van der Waals surface area contributed by atoms with Gasteiger partial charge in [-0.2, -0.15) is 0 Å². The summed E-state index contributed by atoms with van der Waals surface area (Å²) < 4.78 is 0. The third-order valence-electron chi connectivity index (χ3n) is 4.49. The summed E-state index contributed by atoms with van der Waals surface area (Å²) >= 11 is 1.51. The van der Waals surface area contributed by atoms with Crippen LogP contribution in [0, 0.1) is 5.41 Å². The minimum absolute atomic E-state index is 0.00435. The highest BCUT2D eigenvalue weighted by Gasteiger charge is 2.45. The average Bonchev–Trinajstić information content (AvgIpc) is 2.49. The van der Waals surface area contributed by atoms with Gasteiger partial charge in [-0.15, -0.1) is 0 Å². The summed E-state index contributed by atoms with van der Waals surface area (Å²) in [6.07, 6.45) is 6.74. The molecule has 1 aliphatic carbocycles. The Balaban J connectivity index is 1.94. The molecule has 1 saturated heterocycles. The van der Waals surface area contributed by atoms with Crippen LogP contribution in [0.5, 0.6) is 0 Å². The first kappa shape index (κ1) is 13.7. The molecule has 1 heterocycles. The van der Waals surface area contributed by atoms with E-state index < -0.39 is 0 Å². The summed E-state index contributed by atoms with van der Waals surface area (Å²) in [7, 11) is 0. The number of carbonyl (C=O) groups is 1. The van der Waals surface area contributed by atoms with Gasteiger partial charge in [-0.25, -0.2) is 0 Å². The molecule has 3 rings (SSSR count). The maximum atomic E-state index is 12.9. The minimum Gasteiger partial charge on any atom is -0.281 e. The number of benzene rings is 1. The molecule has 2 aliphatic rings. The van der Waals surface area contributed by atoms with Gasteiger partial charge in [-0.05, 0) is 31.4 Å². The monoisotopic (exact) mass is 288 g/mol. The van der Waals surface area contributed by atoms with E-state index >= 15 is 0 Å². The number of hydrogen-bond acceptors (Lipinski definition) is 3. The van der Waals surface area contributed by atoms with Crippen LogP contribution in [0.1, 0.15) is 48.9 Å². The summed E-state index contributed by atoms with van der Waals surface area (Å²) in [4.78, 5) is 14.7. The third-order valence-corrected chi connectivity index (χ3v) is 5.36. The van der Waals surface area contributed by atoms with Gasteiger partial charge in [0, 0.05) is 11.3 Å². The Morgan fingerprint density at radius 1 is 1.10 bits per heavy atom. The van der Waals surface area contributed by atoms with Gasteiger partial charge in [0.2, 0.25) is 0 Å². The predicted molar refractivity (Wildman–Crippen MR) is 83.2 cm³/mol. The molecule has 1 N–H and O–H groups in total. The molecule has 0 radical (unpaired) electrons. The zero-order chi connectivity index (χ0) is 14.0. The van der Waals surface area contributed by atoms with Crippen LogP contribution in [-0.2, 0) is 0 Å². The molecule has 3 nitrogen and oxygen atoms in total. The van der Waals surface area contributed by atoms with Gasteiger partial charge in [0.05, 0.1) is 5.54 Å². The van der Waals surface area contributed by atoms with Crippen molar-refractivity contribution in [1.82, 2.24) is 4.90 Å². The van der Waals surface area contributed by atoms with Crippen LogP contribution >= 0.6 is 11.8 Å². The fourth-order valence-electron chi connectivity index (χ4n) is 3.43. The summed E-state index contributed by atoms with van der Waals surface area (Å²) in [5, 5.41) is 8.69. The zero-order valence-electron chi connectivity index (χ0n) is 11.6. The predicted octanol–water partition coefficient (Wildman–Crippen LogP) is 3.90. The Morgan fingerprint density at radius 2 is 1.80 bits per heavy atom. The van der Waals surface area contributed by atoms with E-state index in [1.165, 1.54) is 31.0 Å². The van der Waals surface area contributed by atoms with Gasteiger partial charge in [0.25, 0.3) is 5.91 Å². The zero-order valence-corrected chi connectivity index (χ0v) is 12.4. The summed E-state index contributed by atoms with van der Waals surface area (Å²) in [6.45, 7) is 0. The molecule has 1 aliphatic heterocycles. The van der Waals surface area contributed by atoms with E-state index in [1.807, 2.05) is 30.3 Å². The second-order valence-corrected chi connectivity index (χ2v) is 6.78. The van der Waals surface area contributed by atoms with Gasteiger partial charge in [0.1, 0.15) is 0 Å². The molecule has 0 aromatic heterocycles. The first-order valence-electron chi connectivity index (χ1n) is 7.34. The summed E-state index contributed by atoms with van der Waals surface area (Å²) in [5.41, 5.74) is 0.609. The van der Waals surface area contributed by atoms with Crippen molar-refractivity contribution in [2.24, 2.45) is 0 Å². The number of rotatable bonds is 1. The lowest BCUT2D eigenvalue weighted by atomic mass is 9.78. The molecule has 0 atom stereocenters. The van der Waals surface area contributed by atoms with Crippen molar-refractivity contribution < 1.29 is 4.79 Å². The lowest BCUT2D eigenvalue weighted by Crippen LogP contribution is -2.57. The highest BCUT2D eigenvalue weighted by molar-refractivity contribution is 8.13. The van der Waals surface area contributed by atoms with E-state index in [0.717, 1.165) is 25.0 Å². The number of carbonyl (C=O) groups excluding carboxylic acids is 1. The summed E-state index contributed by atoms with van der Waals surface area (Å²) in [5.74, 6) is 0.974. The molecule has 1 amide bonds. The molecule has 0 unspecified atom stereocenters. The van der Waals surface area contributed by atoms with Crippen LogP contribution in [0.4, 0.5) is 0 Å². The molecular formula is C16H20N2OS. The number of hydrogen-bond donors (Lipinski definition) is 1. The van der Waals surface area contributed by atoms with Crippen LogP contribution in [-0.4, -0.2) is 27.3 Å². The molecule has 2 fully saturated rings. The number of amidine groups is 1. The molecule has 20 heavy (non-hydrogen) atoms. The van der Waals surface area contributed by atoms with E-state index in [4.69, 9.17) is 5.41 Å². The first-order chi connectivity index (χ1) is 9.73. The summed E-state index contributed by atoms with van der Waals surface area (Å²) in [6, 6.07) is 9.41. The van der Waals surface area contributed by atoms with E-state index in [9.17, 15) is 4.79 Å². The standard InChI is InChI=1S/C16H20N2OS/c17-15-18(14(19)13-7-3-1-4-8-13)16(11-12-20-15)9-5-2-6-10-16/h1,3-4,7-8,17H,2,5-6,9-12H2. The molecule has 0 bridgehead atoms. The van der Waals surface area contributed by atoms with Crippen molar-refractivity contribution in [1.29, 1.82) is 5.41 Å². The fourth-order valence-corrected chi connectivity index (χ4v) is 4.51. The van der Waals surface area contributed by atoms with Crippen molar-refractivity contribution in [3.63, 3.8) is 0 Å². The lowest BCUT2D eigenvalue weighted by Gasteiger charge is -2.49. The average molecular weight is 288 g/mol. The minimum atomic E-state index is -0.0898. The van der Waals surface area contributed by atoms with Crippen LogP contribution in [0.3, 0.4) is 0 Å². The van der Waals surface area contributed by atoms with Crippen molar-refractivity contribution in [2.75, 3.05) is 5.75 Å². The Hall–Kier alpha value is -1.29. The number of amides is 1. The van der Waals surface area contributed by atoms with Gasteiger partial charge in [-0.1, -0.05) is 49.2 Å². The van der Waals surface area contributed by atoms with E-state index in [0.29, 0.717) is 10.7 Å². The highest BCUT2D eigenvalue weighted by atomic mass is 32.2. The largest absolute Gasteiger partial charge is 0.281 e. The fraction of sp³-hybridized carbons (Fsp3) is 0.500. The molecule has 1 aromatic rings. The quantitative estimate of drug-likeness (QED) is 0.851. The second-order valence-electron chi connectivity index (χ2n) is 5.70. The molecule has 106 valence electrons. The van der Waals surface area contributed by atoms with Gasteiger partial charge >= 0.3 is 0 Å². The van der Waals surface area contributed by atoms with Crippen molar-refractivity contribution in [3.8, 4) is 0 Å². The number of nitrogens with one attached hydrogen (secondary N) is 1. The maximum absolute atomic E-state index is 12.9. The molecule has 4 heteroatoms. The third kappa shape index (κ3) is 2.37. The molecular weight excluding hydrogens is 268 g/mol. The van der Waals surface area contributed by atoms with Crippen molar-refractivity contribution >= 4 is 22.8 Å². The first-order valence-corrected chi connectivity index (χ1v) is 8.32. The normalized spacial score (nSPS) is 22.0. The Labute approximate surface area is 124 Å². The topological polar surface area (TPSA) is 44.2 Å². The van der Waals surface area contributed by atoms with E-state index in [-0.39, 0.29) is 11.4 Å². The van der Waals surface area contributed by atoms with Crippen LogP contribution in [0.25, 0.3) is 0 Å². The van der Waals surface area contributed by atoms with Gasteiger partial charge < -0.3 is 0 Å². The van der Waals surface area contributed by atoms with Crippen molar-refractivity contribution in [2.45, 2.75) is 44.1 Å². The van der Waals surface area contributed by atoms with Gasteiger partial charge in [-0.3, -0.25) is 15.1 Å². The molecule has 1 saturated carbocycles. The Morgan fingerprint density at radius 3 is 2.50 bits per heavy atom. The molecule has 1 spiro atoms. The van der Waals surface area contributed by atoms with Crippen LogP contribution in [0.15, 0.2) is 30.3 Å². The smallest absolute Gasteiger partial charge is 0.260 e. The van der Waals surface area contributed by atoms with Crippen LogP contribution < -0.4 is 0 Å². The lowest BCUT2D eigenvalue weighted by molar-refractivity contribution is 0.0583. The van der Waals surface area contributed by atoms with Crippen LogP contribution in [0.2, 0.25) is 0 Å². The Kier molecular flexibility index (Phi) is 3.83. The van der Waals surface area contributed by atoms with E-state index in [1.54, 1.807) is 4.90 Å². The van der Waals surface area contributed by atoms with Crippen molar-refractivity contribution in [3.05, 3.63) is 35.9 Å². The highest BCUT2D eigenvalue weighted by Crippen LogP contribution is 2.42. The van der Waals surface area contributed by atoms with E-state index in [2.05, 4.69) is 0 Å².